The van der Waals surface area contributed by atoms with Crippen LogP contribution in [0.2, 0.25) is 0 Å². The Hall–Kier alpha value is -3.48. The van der Waals surface area contributed by atoms with Crippen LogP contribution in [0.5, 0.6) is 5.75 Å². The van der Waals surface area contributed by atoms with Gasteiger partial charge in [-0.25, -0.2) is 10.1 Å². The summed E-state index contributed by atoms with van der Waals surface area (Å²) in [6, 6.07) is 19.8. The van der Waals surface area contributed by atoms with Gasteiger partial charge in [0, 0.05) is 22.3 Å². The van der Waals surface area contributed by atoms with Gasteiger partial charge in [0.25, 0.3) is 0 Å². The normalized spacial score (nSPS) is 17.4. The van der Waals surface area contributed by atoms with Gasteiger partial charge in [-0.2, -0.15) is 4.89 Å². The predicted octanol–water partition coefficient (Wildman–Crippen LogP) is 4.45. The molecule has 3 aromatic carbocycles. The van der Waals surface area contributed by atoms with Crippen molar-refractivity contribution in [2.45, 2.75) is 12.7 Å². The van der Waals surface area contributed by atoms with Crippen molar-refractivity contribution in [3.8, 4) is 5.75 Å². The Balaban J connectivity index is 1.82. The van der Waals surface area contributed by atoms with Gasteiger partial charge in [0.2, 0.25) is 0 Å². The Bertz CT molecular complexity index is 1060. The largest absolute Gasteiger partial charge is 0.517 e. The fourth-order valence-electron chi connectivity index (χ4n) is 3.34. The molecule has 140 valence electrons. The molecule has 0 heterocycles. The summed E-state index contributed by atoms with van der Waals surface area (Å²) in [5, 5.41) is 9.86. The maximum absolute atomic E-state index is 12.9. The molecule has 0 aromatic heterocycles. The van der Waals surface area contributed by atoms with Crippen LogP contribution in [-0.2, 0) is 15.4 Å². The van der Waals surface area contributed by atoms with Crippen LogP contribution < -0.4 is 4.74 Å². The second kappa shape index (κ2) is 6.92. The number of fused-ring (bicyclic) bond motifs is 2. The van der Waals surface area contributed by atoms with Crippen LogP contribution in [-0.4, -0.2) is 17.2 Å². The smallest absolute Gasteiger partial charge is 0.395 e. The van der Waals surface area contributed by atoms with E-state index >= 15 is 0 Å². The third-order valence-corrected chi connectivity index (χ3v) is 4.60. The van der Waals surface area contributed by atoms with Gasteiger partial charge >= 0.3 is 11.9 Å². The van der Waals surface area contributed by atoms with Gasteiger partial charge in [-0.15, -0.1) is 0 Å². The van der Waals surface area contributed by atoms with Crippen molar-refractivity contribution in [1.29, 1.82) is 0 Å². The van der Waals surface area contributed by atoms with Crippen LogP contribution >= 0.6 is 0 Å². The number of carbonyl (C=O) groups excluding carboxylic acids is 2. The van der Waals surface area contributed by atoms with E-state index in [1.807, 2.05) is 6.92 Å². The van der Waals surface area contributed by atoms with Gasteiger partial charge < -0.3 is 9.47 Å². The molecule has 0 spiro atoms. The Morgan fingerprint density at radius 1 is 0.893 bits per heavy atom. The molecule has 1 aliphatic rings. The SMILES string of the molecule is Cc1ccc2c(c1)C(=O)c1ccccc1C2(OO)OC(=O)Oc1ccccc1. The van der Waals surface area contributed by atoms with Crippen molar-refractivity contribution in [3.05, 3.63) is 101 Å². The van der Waals surface area contributed by atoms with Crippen LogP contribution in [0, 0.1) is 6.92 Å². The van der Waals surface area contributed by atoms with Crippen LogP contribution in [0.1, 0.15) is 32.6 Å². The number of para-hydroxylation sites is 1. The van der Waals surface area contributed by atoms with Gasteiger partial charge in [-0.05, 0) is 25.1 Å². The molecule has 0 saturated heterocycles. The zero-order valence-electron chi connectivity index (χ0n) is 14.9. The number of ether oxygens (including phenoxy) is 2. The molecular weight excluding hydrogens is 360 g/mol. The lowest BCUT2D eigenvalue weighted by Gasteiger charge is -2.35. The highest BCUT2D eigenvalue weighted by Gasteiger charge is 2.49. The zero-order valence-corrected chi connectivity index (χ0v) is 14.9. The number of ketones is 1. The predicted molar refractivity (Wildman–Crippen MR) is 99.1 cm³/mol. The lowest BCUT2D eigenvalue weighted by atomic mass is 9.80. The van der Waals surface area contributed by atoms with Crippen molar-refractivity contribution in [2.24, 2.45) is 0 Å². The first-order chi connectivity index (χ1) is 13.5. The molecule has 1 aliphatic carbocycles. The minimum absolute atomic E-state index is 0.212. The summed E-state index contributed by atoms with van der Waals surface area (Å²) in [7, 11) is 0. The fourth-order valence-corrected chi connectivity index (χ4v) is 3.34. The summed E-state index contributed by atoms with van der Waals surface area (Å²) < 4.78 is 10.7. The van der Waals surface area contributed by atoms with Gasteiger partial charge in [0.1, 0.15) is 5.75 Å². The maximum atomic E-state index is 12.9. The third kappa shape index (κ3) is 2.85. The van der Waals surface area contributed by atoms with Crippen molar-refractivity contribution in [1.82, 2.24) is 0 Å². The van der Waals surface area contributed by atoms with Crippen molar-refractivity contribution >= 4 is 11.9 Å². The second-order valence-corrected chi connectivity index (χ2v) is 6.40. The molecule has 1 N–H and O–H groups in total. The van der Waals surface area contributed by atoms with E-state index < -0.39 is 11.9 Å². The molecule has 28 heavy (non-hydrogen) atoms. The third-order valence-electron chi connectivity index (χ3n) is 4.60. The highest BCUT2D eigenvalue weighted by molar-refractivity contribution is 6.13. The highest BCUT2D eigenvalue weighted by atomic mass is 17.2. The summed E-state index contributed by atoms with van der Waals surface area (Å²) in [5.41, 5.74) is 1.81. The minimum Gasteiger partial charge on any atom is -0.395 e. The number of hydrogen-bond acceptors (Lipinski definition) is 6. The average Bonchev–Trinajstić information content (AvgIpc) is 2.72. The van der Waals surface area contributed by atoms with E-state index in [1.165, 1.54) is 0 Å². The Morgan fingerprint density at radius 3 is 2.32 bits per heavy atom. The van der Waals surface area contributed by atoms with E-state index in [4.69, 9.17) is 14.4 Å². The van der Waals surface area contributed by atoms with Crippen LogP contribution in [0.3, 0.4) is 0 Å². The Morgan fingerprint density at radius 2 is 1.57 bits per heavy atom. The summed E-state index contributed by atoms with van der Waals surface area (Å²) in [5.74, 6) is -2.01. The first-order valence-electron chi connectivity index (χ1n) is 8.59. The topological polar surface area (TPSA) is 82.1 Å². The molecule has 1 unspecified atom stereocenters. The number of rotatable bonds is 3. The molecule has 4 rings (SSSR count). The van der Waals surface area contributed by atoms with E-state index in [0.717, 1.165) is 5.56 Å². The van der Waals surface area contributed by atoms with Crippen LogP contribution in [0.15, 0.2) is 72.8 Å². The molecule has 0 fully saturated rings. The molecule has 1 atom stereocenters. The van der Waals surface area contributed by atoms with Crippen LogP contribution in [0.25, 0.3) is 0 Å². The lowest BCUT2D eigenvalue weighted by molar-refractivity contribution is -0.382. The number of benzene rings is 3. The van der Waals surface area contributed by atoms with E-state index in [-0.39, 0.29) is 33.8 Å². The minimum atomic E-state index is -2.03. The summed E-state index contributed by atoms with van der Waals surface area (Å²) in [6.45, 7) is 1.83. The molecule has 6 nitrogen and oxygen atoms in total. The van der Waals surface area contributed by atoms with Gasteiger partial charge in [-0.1, -0.05) is 60.2 Å². The zero-order chi connectivity index (χ0) is 19.7. The van der Waals surface area contributed by atoms with E-state index in [2.05, 4.69) is 0 Å². The van der Waals surface area contributed by atoms with Crippen molar-refractivity contribution in [3.63, 3.8) is 0 Å². The number of carbonyl (C=O) groups is 2. The summed E-state index contributed by atoms with van der Waals surface area (Å²) >= 11 is 0. The lowest BCUT2D eigenvalue weighted by Crippen LogP contribution is -2.42. The average molecular weight is 376 g/mol. The molecule has 0 amide bonds. The quantitative estimate of drug-likeness (QED) is 0.239. The molecule has 0 saturated carbocycles. The molecule has 3 aromatic rings. The molecule has 6 heteroatoms. The standard InChI is InChI=1S/C22H16O6/c1-14-11-12-19-17(13-14)20(23)16-9-5-6-10-18(16)22(19,28-25)27-21(24)26-15-7-3-2-4-8-15/h2-13,25H,1H3. The van der Waals surface area contributed by atoms with E-state index in [9.17, 15) is 14.8 Å². The molecule has 0 aliphatic heterocycles. The number of aryl methyl sites for hydroxylation is 1. The Labute approximate surface area is 160 Å². The summed E-state index contributed by atoms with van der Waals surface area (Å²) in [4.78, 5) is 30.2. The number of hydrogen-bond donors (Lipinski definition) is 1. The Kier molecular flexibility index (Phi) is 4.43. The van der Waals surface area contributed by atoms with E-state index in [1.54, 1.807) is 72.8 Å². The van der Waals surface area contributed by atoms with Crippen molar-refractivity contribution < 1.29 is 29.2 Å². The monoisotopic (exact) mass is 376 g/mol. The second-order valence-electron chi connectivity index (χ2n) is 6.40. The molecule has 0 radical (unpaired) electrons. The molecular formula is C22H16O6. The molecule has 0 bridgehead atoms. The summed E-state index contributed by atoms with van der Waals surface area (Å²) in [6.07, 6.45) is -1.09. The van der Waals surface area contributed by atoms with Gasteiger partial charge in [0.15, 0.2) is 5.78 Å². The highest BCUT2D eigenvalue weighted by Crippen LogP contribution is 2.43. The first-order valence-corrected chi connectivity index (χ1v) is 8.59. The maximum Gasteiger partial charge on any atom is 0.517 e. The van der Waals surface area contributed by atoms with Gasteiger partial charge in [0.05, 0.1) is 0 Å². The van der Waals surface area contributed by atoms with Gasteiger partial charge in [-0.3, -0.25) is 4.79 Å². The van der Waals surface area contributed by atoms with Crippen LogP contribution in [0.4, 0.5) is 4.79 Å². The van der Waals surface area contributed by atoms with E-state index in [0.29, 0.717) is 0 Å². The fraction of sp³-hybridized carbons (Fsp3) is 0.0909. The van der Waals surface area contributed by atoms with Crippen molar-refractivity contribution in [2.75, 3.05) is 0 Å². The first kappa shape index (κ1) is 17.9.